The Labute approximate surface area is 125 Å². The van der Waals surface area contributed by atoms with Crippen molar-refractivity contribution in [2.24, 2.45) is 0 Å². The van der Waals surface area contributed by atoms with Crippen LogP contribution in [0.4, 0.5) is 5.69 Å². The minimum atomic E-state index is 0.808. The van der Waals surface area contributed by atoms with Crippen molar-refractivity contribution in [3.8, 4) is 11.4 Å². The van der Waals surface area contributed by atoms with Gasteiger partial charge in [-0.15, -0.1) is 0 Å². The molecule has 0 radical (unpaired) electrons. The van der Waals surface area contributed by atoms with Gasteiger partial charge in [-0.05, 0) is 19.1 Å². The van der Waals surface area contributed by atoms with Gasteiger partial charge in [-0.1, -0.05) is 48.0 Å². The first-order chi connectivity index (χ1) is 10.2. The molecular formula is C18H19N3. The number of aryl methyl sites for hydroxylation is 1. The Balaban J connectivity index is 1.74. The van der Waals surface area contributed by atoms with Crippen LogP contribution in [0.2, 0.25) is 0 Å². The predicted octanol–water partition coefficient (Wildman–Crippen LogP) is 4.02. The average Bonchev–Trinajstić information content (AvgIpc) is 2.97. The molecule has 106 valence electrons. The Kier molecular flexibility index (Phi) is 3.73. The highest BCUT2D eigenvalue weighted by Crippen LogP contribution is 2.18. The van der Waals surface area contributed by atoms with E-state index in [0.717, 1.165) is 23.6 Å². The van der Waals surface area contributed by atoms with Gasteiger partial charge in [0.05, 0.1) is 18.4 Å². The van der Waals surface area contributed by atoms with Crippen molar-refractivity contribution in [2.45, 2.75) is 13.5 Å². The number of rotatable bonds is 4. The number of benzene rings is 2. The van der Waals surface area contributed by atoms with Gasteiger partial charge in [0.1, 0.15) is 5.82 Å². The van der Waals surface area contributed by atoms with Crippen molar-refractivity contribution in [1.82, 2.24) is 9.97 Å². The average molecular weight is 277 g/mol. The van der Waals surface area contributed by atoms with Crippen LogP contribution >= 0.6 is 0 Å². The van der Waals surface area contributed by atoms with E-state index in [1.165, 1.54) is 11.3 Å². The van der Waals surface area contributed by atoms with Crippen molar-refractivity contribution in [2.75, 3.05) is 11.9 Å². The van der Waals surface area contributed by atoms with Crippen LogP contribution in [0.5, 0.6) is 0 Å². The molecular weight excluding hydrogens is 258 g/mol. The summed E-state index contributed by atoms with van der Waals surface area (Å²) in [6, 6.07) is 18.7. The van der Waals surface area contributed by atoms with E-state index >= 15 is 0 Å². The lowest BCUT2D eigenvalue weighted by molar-refractivity contribution is 0.895. The molecule has 0 saturated heterocycles. The molecule has 0 aliphatic carbocycles. The minimum absolute atomic E-state index is 0.808. The van der Waals surface area contributed by atoms with Crippen molar-refractivity contribution in [3.05, 3.63) is 72.1 Å². The van der Waals surface area contributed by atoms with E-state index in [-0.39, 0.29) is 0 Å². The van der Waals surface area contributed by atoms with Crippen LogP contribution in [0.15, 0.2) is 60.8 Å². The lowest BCUT2D eigenvalue weighted by Crippen LogP contribution is -2.16. The third-order valence-electron chi connectivity index (χ3n) is 3.56. The van der Waals surface area contributed by atoms with Crippen molar-refractivity contribution in [3.63, 3.8) is 0 Å². The van der Waals surface area contributed by atoms with Gasteiger partial charge >= 0.3 is 0 Å². The maximum Gasteiger partial charge on any atom is 0.137 e. The van der Waals surface area contributed by atoms with E-state index < -0.39 is 0 Å². The summed E-state index contributed by atoms with van der Waals surface area (Å²) in [5.41, 5.74) is 4.70. The van der Waals surface area contributed by atoms with Crippen LogP contribution in [-0.2, 0) is 6.54 Å². The fourth-order valence-corrected chi connectivity index (χ4v) is 2.33. The molecule has 1 heterocycles. The van der Waals surface area contributed by atoms with Gasteiger partial charge in [0, 0.05) is 18.3 Å². The summed E-state index contributed by atoms with van der Waals surface area (Å²) in [5, 5.41) is 0. The Morgan fingerprint density at radius 2 is 1.71 bits per heavy atom. The van der Waals surface area contributed by atoms with Gasteiger partial charge in [0.2, 0.25) is 0 Å². The third-order valence-corrected chi connectivity index (χ3v) is 3.56. The number of anilines is 1. The molecule has 0 aliphatic heterocycles. The zero-order chi connectivity index (χ0) is 14.7. The molecule has 0 saturated carbocycles. The van der Waals surface area contributed by atoms with Crippen LogP contribution < -0.4 is 4.90 Å². The number of aromatic amines is 1. The second-order valence-corrected chi connectivity index (χ2v) is 5.31. The van der Waals surface area contributed by atoms with Gasteiger partial charge in [-0.3, -0.25) is 0 Å². The molecule has 3 nitrogen and oxygen atoms in total. The molecule has 0 spiro atoms. The van der Waals surface area contributed by atoms with E-state index in [2.05, 4.69) is 65.2 Å². The molecule has 0 amide bonds. The number of aromatic nitrogens is 2. The molecule has 1 N–H and O–H groups in total. The van der Waals surface area contributed by atoms with E-state index in [9.17, 15) is 0 Å². The van der Waals surface area contributed by atoms with Gasteiger partial charge in [0.25, 0.3) is 0 Å². The molecule has 3 rings (SSSR count). The first kappa shape index (κ1) is 13.4. The Bertz CT molecular complexity index is 699. The van der Waals surface area contributed by atoms with Crippen LogP contribution in [0.25, 0.3) is 11.4 Å². The van der Waals surface area contributed by atoms with Gasteiger partial charge in [-0.2, -0.15) is 0 Å². The number of hydrogen-bond acceptors (Lipinski definition) is 2. The monoisotopic (exact) mass is 277 g/mol. The molecule has 0 bridgehead atoms. The maximum atomic E-state index is 4.47. The molecule has 0 unspecified atom stereocenters. The van der Waals surface area contributed by atoms with Crippen molar-refractivity contribution >= 4 is 5.69 Å². The topological polar surface area (TPSA) is 31.9 Å². The Morgan fingerprint density at radius 3 is 2.43 bits per heavy atom. The van der Waals surface area contributed by atoms with Crippen LogP contribution in [0.1, 0.15) is 11.3 Å². The minimum Gasteiger partial charge on any atom is -0.369 e. The zero-order valence-corrected chi connectivity index (χ0v) is 12.4. The smallest absolute Gasteiger partial charge is 0.137 e. The Hall–Kier alpha value is -2.55. The summed E-state index contributed by atoms with van der Waals surface area (Å²) in [4.78, 5) is 10.1. The predicted molar refractivity (Wildman–Crippen MR) is 87.3 cm³/mol. The van der Waals surface area contributed by atoms with E-state index in [0.29, 0.717) is 0 Å². The highest BCUT2D eigenvalue weighted by molar-refractivity contribution is 5.55. The molecule has 0 atom stereocenters. The van der Waals surface area contributed by atoms with E-state index in [4.69, 9.17) is 0 Å². The second-order valence-electron chi connectivity index (χ2n) is 5.31. The fraction of sp³-hybridized carbons (Fsp3) is 0.167. The summed E-state index contributed by atoms with van der Waals surface area (Å²) >= 11 is 0. The molecule has 3 heteroatoms. The van der Waals surface area contributed by atoms with E-state index in [1.54, 1.807) is 0 Å². The van der Waals surface area contributed by atoms with Crippen molar-refractivity contribution in [1.29, 1.82) is 0 Å². The lowest BCUT2D eigenvalue weighted by Gasteiger charge is -2.18. The Morgan fingerprint density at radius 1 is 1.00 bits per heavy atom. The normalized spacial score (nSPS) is 10.6. The first-order valence-electron chi connectivity index (χ1n) is 7.09. The highest BCUT2D eigenvalue weighted by Gasteiger charge is 2.06. The zero-order valence-electron chi connectivity index (χ0n) is 12.4. The van der Waals surface area contributed by atoms with Crippen LogP contribution in [0, 0.1) is 6.92 Å². The summed E-state index contributed by atoms with van der Waals surface area (Å²) < 4.78 is 0. The van der Waals surface area contributed by atoms with Crippen LogP contribution in [-0.4, -0.2) is 17.0 Å². The molecule has 0 aliphatic rings. The van der Waals surface area contributed by atoms with Crippen LogP contribution in [0.3, 0.4) is 0 Å². The van der Waals surface area contributed by atoms with Gasteiger partial charge in [-0.25, -0.2) is 4.98 Å². The van der Waals surface area contributed by atoms with Gasteiger partial charge in [0.15, 0.2) is 0 Å². The number of nitrogens with zero attached hydrogens (tertiary/aromatic N) is 2. The summed E-state index contributed by atoms with van der Waals surface area (Å²) in [6.07, 6.45) is 1.91. The standard InChI is InChI=1S/C18H19N3/c1-14-8-10-17(11-9-14)21(2)13-16-12-19-18(20-16)15-6-4-3-5-7-15/h3-12H,13H2,1-2H3,(H,19,20). The number of imidazole rings is 1. The first-order valence-corrected chi connectivity index (χ1v) is 7.09. The number of H-pyrrole nitrogens is 1. The summed E-state index contributed by atoms with van der Waals surface area (Å²) in [5.74, 6) is 0.919. The number of nitrogens with one attached hydrogen (secondary N) is 1. The SMILES string of the molecule is Cc1ccc(N(C)Cc2cnc(-c3ccccc3)[nH]2)cc1. The lowest BCUT2D eigenvalue weighted by atomic mass is 10.2. The molecule has 0 fully saturated rings. The third kappa shape index (κ3) is 3.14. The second kappa shape index (κ2) is 5.83. The highest BCUT2D eigenvalue weighted by atomic mass is 15.1. The fourth-order valence-electron chi connectivity index (χ4n) is 2.33. The maximum absolute atomic E-state index is 4.47. The van der Waals surface area contributed by atoms with Gasteiger partial charge < -0.3 is 9.88 Å². The molecule has 3 aromatic rings. The van der Waals surface area contributed by atoms with Crippen molar-refractivity contribution < 1.29 is 0 Å². The summed E-state index contributed by atoms with van der Waals surface area (Å²) in [7, 11) is 2.09. The molecule has 21 heavy (non-hydrogen) atoms. The largest absolute Gasteiger partial charge is 0.369 e. The quantitative estimate of drug-likeness (QED) is 0.781. The molecule has 2 aromatic carbocycles. The summed E-state index contributed by atoms with van der Waals surface area (Å²) in [6.45, 7) is 2.91. The van der Waals surface area contributed by atoms with E-state index in [1.807, 2.05) is 24.4 Å². The molecule has 1 aromatic heterocycles. The number of hydrogen-bond donors (Lipinski definition) is 1.